The molecule has 20 heavy (non-hydrogen) atoms. The lowest BCUT2D eigenvalue weighted by Crippen LogP contribution is -2.13. The van der Waals surface area contributed by atoms with Crippen molar-refractivity contribution in [2.45, 2.75) is 17.1 Å². The molecule has 0 saturated carbocycles. The largest absolute Gasteiger partial charge is 0.497 e. The summed E-state index contributed by atoms with van der Waals surface area (Å²) in [6.07, 6.45) is 0. The van der Waals surface area contributed by atoms with E-state index in [0.717, 1.165) is 10.6 Å². The zero-order valence-corrected chi connectivity index (χ0v) is 12.9. The number of methoxy groups -OCH3 is 1. The molecule has 0 radical (unpaired) electrons. The number of halogens is 1. The molecule has 2 nitrogen and oxygen atoms in total. The first kappa shape index (κ1) is 14.9. The van der Waals surface area contributed by atoms with Crippen molar-refractivity contribution in [1.82, 2.24) is 0 Å². The van der Waals surface area contributed by atoms with Gasteiger partial charge >= 0.3 is 0 Å². The smallest absolute Gasteiger partial charge is 0.175 e. The van der Waals surface area contributed by atoms with Crippen LogP contribution in [-0.4, -0.2) is 18.1 Å². The van der Waals surface area contributed by atoms with E-state index in [1.165, 1.54) is 11.8 Å². The van der Waals surface area contributed by atoms with Crippen LogP contribution in [0.5, 0.6) is 5.75 Å². The highest BCUT2D eigenvalue weighted by Crippen LogP contribution is 2.27. The highest BCUT2D eigenvalue weighted by atomic mass is 35.5. The monoisotopic (exact) mass is 306 g/mol. The Morgan fingerprint density at radius 3 is 2.50 bits per heavy atom. The standard InChI is InChI=1S/C16H15ClO2S/c1-11(16(18)12-4-3-5-13(17)10-12)20-15-8-6-14(19-2)7-9-15/h3-11H,1-2H3. The Labute approximate surface area is 128 Å². The molecule has 1 unspecified atom stereocenters. The molecule has 0 bridgehead atoms. The van der Waals surface area contributed by atoms with Crippen LogP contribution in [0, 0.1) is 0 Å². The van der Waals surface area contributed by atoms with Crippen molar-refractivity contribution in [3.63, 3.8) is 0 Å². The summed E-state index contributed by atoms with van der Waals surface area (Å²) in [5, 5.41) is 0.416. The highest BCUT2D eigenvalue weighted by Gasteiger charge is 2.16. The van der Waals surface area contributed by atoms with E-state index < -0.39 is 0 Å². The molecule has 0 heterocycles. The van der Waals surface area contributed by atoms with E-state index in [2.05, 4.69) is 0 Å². The maximum absolute atomic E-state index is 12.3. The summed E-state index contributed by atoms with van der Waals surface area (Å²) in [4.78, 5) is 13.4. The number of carbonyl (C=O) groups is 1. The van der Waals surface area contributed by atoms with Gasteiger partial charge in [0.25, 0.3) is 0 Å². The SMILES string of the molecule is COc1ccc(SC(C)C(=O)c2cccc(Cl)c2)cc1. The molecule has 2 aromatic carbocycles. The molecule has 0 aliphatic heterocycles. The van der Waals surface area contributed by atoms with Gasteiger partial charge in [0.2, 0.25) is 0 Å². The minimum Gasteiger partial charge on any atom is -0.497 e. The lowest BCUT2D eigenvalue weighted by atomic mass is 10.1. The molecule has 0 aromatic heterocycles. The summed E-state index contributed by atoms with van der Waals surface area (Å²) < 4.78 is 5.11. The van der Waals surface area contributed by atoms with E-state index in [1.54, 1.807) is 31.4 Å². The number of hydrogen-bond donors (Lipinski definition) is 0. The quantitative estimate of drug-likeness (QED) is 0.591. The van der Waals surface area contributed by atoms with Crippen molar-refractivity contribution in [3.05, 3.63) is 59.1 Å². The van der Waals surface area contributed by atoms with Crippen LogP contribution in [0.1, 0.15) is 17.3 Å². The summed E-state index contributed by atoms with van der Waals surface area (Å²) in [5.74, 6) is 0.886. The van der Waals surface area contributed by atoms with Gasteiger partial charge in [-0.15, -0.1) is 11.8 Å². The van der Waals surface area contributed by atoms with Crippen LogP contribution in [0.3, 0.4) is 0 Å². The first-order chi connectivity index (χ1) is 9.60. The van der Waals surface area contributed by atoms with Gasteiger partial charge in [-0.25, -0.2) is 0 Å². The number of rotatable bonds is 5. The number of hydrogen-bond acceptors (Lipinski definition) is 3. The normalized spacial score (nSPS) is 11.9. The summed E-state index contributed by atoms with van der Waals surface area (Å²) in [6.45, 7) is 1.90. The van der Waals surface area contributed by atoms with Gasteiger partial charge < -0.3 is 4.74 Å². The van der Waals surface area contributed by atoms with E-state index in [4.69, 9.17) is 16.3 Å². The van der Waals surface area contributed by atoms with Crippen molar-refractivity contribution < 1.29 is 9.53 Å². The first-order valence-corrected chi connectivity index (χ1v) is 7.46. The topological polar surface area (TPSA) is 26.3 Å². The molecule has 104 valence electrons. The third kappa shape index (κ3) is 3.78. The van der Waals surface area contributed by atoms with Crippen LogP contribution < -0.4 is 4.74 Å². The van der Waals surface area contributed by atoms with Crippen molar-refractivity contribution in [2.24, 2.45) is 0 Å². The molecule has 0 fully saturated rings. The zero-order chi connectivity index (χ0) is 14.5. The van der Waals surface area contributed by atoms with Crippen molar-refractivity contribution >= 4 is 29.1 Å². The average molecular weight is 307 g/mol. The van der Waals surface area contributed by atoms with Crippen LogP contribution in [0.4, 0.5) is 0 Å². The maximum Gasteiger partial charge on any atom is 0.175 e. The van der Waals surface area contributed by atoms with Gasteiger partial charge in [0.05, 0.1) is 12.4 Å². The Hall–Kier alpha value is -1.45. The van der Waals surface area contributed by atoms with Crippen molar-refractivity contribution in [3.8, 4) is 5.75 Å². The number of ether oxygens (including phenoxy) is 1. The van der Waals surface area contributed by atoms with Crippen LogP contribution in [-0.2, 0) is 0 Å². The van der Waals surface area contributed by atoms with Crippen LogP contribution in [0.25, 0.3) is 0 Å². The maximum atomic E-state index is 12.3. The molecule has 2 rings (SSSR count). The van der Waals surface area contributed by atoms with E-state index in [0.29, 0.717) is 10.6 Å². The molecule has 0 aliphatic rings. The summed E-state index contributed by atoms with van der Waals surface area (Å²) in [5.41, 5.74) is 0.644. The second-order valence-corrected chi connectivity index (χ2v) is 6.16. The van der Waals surface area contributed by atoms with Gasteiger partial charge in [-0.3, -0.25) is 4.79 Å². The number of thioether (sulfide) groups is 1. The number of Topliss-reactive ketones (excluding diaryl/α,β-unsaturated/α-hetero) is 1. The third-order valence-electron chi connectivity index (χ3n) is 2.85. The van der Waals surface area contributed by atoms with Gasteiger partial charge in [0.15, 0.2) is 5.78 Å². The molecule has 0 saturated heterocycles. The van der Waals surface area contributed by atoms with Crippen LogP contribution >= 0.6 is 23.4 Å². The minimum absolute atomic E-state index is 0.0771. The Balaban J connectivity index is 2.07. The molecule has 1 atom stereocenters. The van der Waals surface area contributed by atoms with Crippen LogP contribution in [0.2, 0.25) is 5.02 Å². The van der Waals surface area contributed by atoms with E-state index in [-0.39, 0.29) is 11.0 Å². The molecule has 0 spiro atoms. The average Bonchev–Trinajstić information content (AvgIpc) is 2.47. The molecule has 4 heteroatoms. The first-order valence-electron chi connectivity index (χ1n) is 6.20. The zero-order valence-electron chi connectivity index (χ0n) is 11.3. The lowest BCUT2D eigenvalue weighted by Gasteiger charge is -2.11. The molecule has 0 aliphatic carbocycles. The predicted octanol–water partition coefficient (Wildman–Crippen LogP) is 4.71. The van der Waals surface area contributed by atoms with Gasteiger partial charge in [0.1, 0.15) is 5.75 Å². The van der Waals surface area contributed by atoms with Gasteiger partial charge in [-0.1, -0.05) is 23.7 Å². The molecule has 2 aromatic rings. The van der Waals surface area contributed by atoms with E-state index in [1.807, 2.05) is 31.2 Å². The van der Waals surface area contributed by atoms with Crippen molar-refractivity contribution in [2.75, 3.05) is 7.11 Å². The third-order valence-corrected chi connectivity index (χ3v) is 4.20. The van der Waals surface area contributed by atoms with Gasteiger partial charge in [0, 0.05) is 15.5 Å². The summed E-state index contributed by atoms with van der Waals surface area (Å²) in [6, 6.07) is 14.7. The van der Waals surface area contributed by atoms with Gasteiger partial charge in [-0.05, 0) is 43.3 Å². The summed E-state index contributed by atoms with van der Waals surface area (Å²) >= 11 is 7.44. The molecule has 0 amide bonds. The fourth-order valence-corrected chi connectivity index (χ4v) is 2.92. The fourth-order valence-electron chi connectivity index (χ4n) is 1.79. The van der Waals surface area contributed by atoms with E-state index in [9.17, 15) is 4.79 Å². The number of ketones is 1. The lowest BCUT2D eigenvalue weighted by molar-refractivity contribution is 0.0994. The fraction of sp³-hybridized carbons (Fsp3) is 0.188. The number of benzene rings is 2. The van der Waals surface area contributed by atoms with Gasteiger partial charge in [-0.2, -0.15) is 0 Å². The Morgan fingerprint density at radius 1 is 1.20 bits per heavy atom. The number of carbonyl (C=O) groups excluding carboxylic acids is 1. The second kappa shape index (κ2) is 6.82. The van der Waals surface area contributed by atoms with Crippen molar-refractivity contribution in [1.29, 1.82) is 0 Å². The molecular weight excluding hydrogens is 292 g/mol. The Kier molecular flexibility index (Phi) is 5.10. The molecule has 0 N–H and O–H groups in total. The Bertz CT molecular complexity index is 596. The minimum atomic E-state index is -0.165. The predicted molar refractivity (Wildman–Crippen MR) is 84.1 cm³/mol. The summed E-state index contributed by atoms with van der Waals surface area (Å²) in [7, 11) is 1.63. The highest BCUT2D eigenvalue weighted by molar-refractivity contribution is 8.00. The second-order valence-electron chi connectivity index (χ2n) is 4.31. The van der Waals surface area contributed by atoms with E-state index >= 15 is 0 Å². The Morgan fingerprint density at radius 2 is 1.90 bits per heavy atom. The van der Waals surface area contributed by atoms with Crippen LogP contribution in [0.15, 0.2) is 53.4 Å². The molecular formula is C16H15ClO2S.